The van der Waals surface area contributed by atoms with Gasteiger partial charge in [-0.05, 0) is 55.7 Å². The van der Waals surface area contributed by atoms with Gasteiger partial charge in [0.1, 0.15) is 0 Å². The van der Waals surface area contributed by atoms with Crippen molar-refractivity contribution in [2.75, 3.05) is 51.9 Å². The number of benzene rings is 2. The van der Waals surface area contributed by atoms with E-state index in [2.05, 4.69) is 49.3 Å². The Balaban J connectivity index is 1.43. The van der Waals surface area contributed by atoms with E-state index in [0.29, 0.717) is 23.9 Å². The number of methoxy groups -OCH3 is 2. The second-order valence-electron chi connectivity index (χ2n) is 11.4. The van der Waals surface area contributed by atoms with E-state index in [9.17, 15) is 4.79 Å². The van der Waals surface area contributed by atoms with Crippen molar-refractivity contribution < 1.29 is 19.0 Å². The van der Waals surface area contributed by atoms with Crippen LogP contribution in [-0.2, 0) is 4.79 Å². The van der Waals surface area contributed by atoms with Crippen molar-refractivity contribution in [1.29, 1.82) is 0 Å². The molecule has 0 bridgehead atoms. The molecule has 1 aliphatic heterocycles. The van der Waals surface area contributed by atoms with Crippen LogP contribution in [-0.4, -0.2) is 57.9 Å². The average molecular weight is 580 g/mol. The van der Waals surface area contributed by atoms with E-state index in [1.165, 1.54) is 68.2 Å². The number of piperazine rings is 1. The summed E-state index contributed by atoms with van der Waals surface area (Å²) in [5.41, 5.74) is 7.65. The molecular weight excluding hydrogens is 526 g/mol. The lowest BCUT2D eigenvalue weighted by Crippen LogP contribution is -2.53. The first-order valence-corrected chi connectivity index (χ1v) is 15.9. The van der Waals surface area contributed by atoms with Gasteiger partial charge in [0.05, 0.1) is 20.8 Å². The normalized spacial score (nSPS) is 13.9. The highest BCUT2D eigenvalue weighted by Gasteiger charge is 2.19. The first-order valence-electron chi connectivity index (χ1n) is 15.9. The smallest absolute Gasteiger partial charge is 0.258 e. The van der Waals surface area contributed by atoms with Crippen LogP contribution < -0.4 is 24.5 Å². The first kappa shape index (κ1) is 33.3. The lowest BCUT2D eigenvalue weighted by atomic mass is 10.1. The van der Waals surface area contributed by atoms with Crippen LogP contribution >= 0.6 is 0 Å². The average Bonchev–Trinajstić information content (AvgIpc) is 2.99. The number of nitrogens with zero attached hydrogens (tertiary/aromatic N) is 2. The van der Waals surface area contributed by atoms with E-state index in [1.54, 1.807) is 26.4 Å². The number of anilines is 1. The van der Waals surface area contributed by atoms with Crippen molar-refractivity contribution in [3.8, 4) is 17.2 Å². The molecular formula is C35H53N3O4. The molecule has 7 nitrogen and oxygen atoms in total. The summed E-state index contributed by atoms with van der Waals surface area (Å²) in [4.78, 5) is 15.1. The monoisotopic (exact) mass is 579 g/mol. The molecule has 7 heteroatoms. The highest BCUT2D eigenvalue weighted by atomic mass is 16.5. The molecule has 1 amide bonds. The highest BCUT2D eigenvalue weighted by Crippen LogP contribution is 2.39. The molecule has 2 aromatic rings. The fourth-order valence-electron chi connectivity index (χ4n) is 5.49. The van der Waals surface area contributed by atoms with Gasteiger partial charge in [-0.2, -0.15) is 0 Å². The van der Waals surface area contributed by atoms with Crippen molar-refractivity contribution in [3.05, 3.63) is 53.1 Å². The van der Waals surface area contributed by atoms with E-state index in [1.807, 2.05) is 17.1 Å². The zero-order chi connectivity index (χ0) is 30.2. The zero-order valence-electron chi connectivity index (χ0n) is 26.7. The molecule has 0 aliphatic carbocycles. The summed E-state index contributed by atoms with van der Waals surface area (Å²) in [7, 11) is 3.25. The summed E-state index contributed by atoms with van der Waals surface area (Å²) in [5.74, 6) is 1.65. The van der Waals surface area contributed by atoms with Crippen LogP contribution in [0.5, 0.6) is 17.2 Å². The Labute approximate surface area is 254 Å². The molecule has 1 fully saturated rings. The molecule has 0 spiro atoms. The number of amides is 1. The van der Waals surface area contributed by atoms with E-state index < -0.39 is 0 Å². The summed E-state index contributed by atoms with van der Waals surface area (Å²) < 4.78 is 17.3. The molecule has 1 N–H and O–H groups in total. The van der Waals surface area contributed by atoms with Crippen LogP contribution in [0.4, 0.5) is 5.69 Å². The van der Waals surface area contributed by atoms with Crippen LogP contribution in [0.3, 0.4) is 0 Å². The Morgan fingerprint density at radius 3 is 2.00 bits per heavy atom. The maximum Gasteiger partial charge on any atom is 0.258 e. The number of carbonyl (C=O) groups is 1. The van der Waals surface area contributed by atoms with Gasteiger partial charge in [0.2, 0.25) is 5.75 Å². The summed E-state index contributed by atoms with van der Waals surface area (Å²) in [6, 6.07) is 10.3. The van der Waals surface area contributed by atoms with Crippen molar-refractivity contribution >= 4 is 17.7 Å². The Hall–Kier alpha value is -3.19. The third-order valence-corrected chi connectivity index (χ3v) is 7.90. The van der Waals surface area contributed by atoms with Gasteiger partial charge in [-0.3, -0.25) is 10.2 Å². The number of hydrogen-bond donors (Lipinski definition) is 1. The lowest BCUT2D eigenvalue weighted by Gasteiger charge is -2.36. The van der Waals surface area contributed by atoms with Crippen LogP contribution in [0, 0.1) is 13.8 Å². The number of hydrazine groups is 1. The number of nitrogens with one attached hydrogen (secondary N) is 1. The minimum absolute atomic E-state index is 0.158. The summed E-state index contributed by atoms with van der Waals surface area (Å²) in [6.07, 6.45) is 16.2. The Kier molecular flexibility index (Phi) is 14.6. The first-order chi connectivity index (χ1) is 20.4. The fraction of sp³-hybridized carbons (Fsp3) is 0.571. The van der Waals surface area contributed by atoms with Gasteiger partial charge in [0.15, 0.2) is 11.5 Å². The lowest BCUT2D eigenvalue weighted by molar-refractivity contribution is -0.121. The number of aryl methyl sites for hydroxylation is 2. The number of unbranched alkanes of at least 4 members (excludes halogenated alkanes) is 9. The van der Waals surface area contributed by atoms with Gasteiger partial charge in [-0.25, -0.2) is 5.01 Å². The molecule has 1 aliphatic rings. The molecule has 42 heavy (non-hydrogen) atoms. The Morgan fingerprint density at radius 1 is 0.833 bits per heavy atom. The van der Waals surface area contributed by atoms with Crippen LogP contribution in [0.25, 0.3) is 6.08 Å². The predicted octanol–water partition coefficient (Wildman–Crippen LogP) is 7.49. The predicted molar refractivity (Wildman–Crippen MR) is 174 cm³/mol. The topological polar surface area (TPSA) is 63.3 Å². The van der Waals surface area contributed by atoms with Gasteiger partial charge >= 0.3 is 0 Å². The van der Waals surface area contributed by atoms with Gasteiger partial charge in [-0.1, -0.05) is 82.4 Å². The largest absolute Gasteiger partial charge is 0.493 e. The van der Waals surface area contributed by atoms with Crippen molar-refractivity contribution in [2.45, 2.75) is 85.0 Å². The number of hydrogen-bond acceptors (Lipinski definition) is 6. The number of ether oxygens (including phenoxy) is 3. The quantitative estimate of drug-likeness (QED) is 0.146. The Morgan fingerprint density at radius 2 is 1.43 bits per heavy atom. The van der Waals surface area contributed by atoms with Crippen LogP contribution in [0.15, 0.2) is 36.4 Å². The maximum atomic E-state index is 12.7. The molecule has 0 saturated carbocycles. The SMILES string of the molecule is CCCCCCCCCCCCOc1c(OC)cc(C=CC(=O)NN2CCN(c3ccc(C)cc3C)CC2)cc1OC. The van der Waals surface area contributed by atoms with Gasteiger partial charge in [0, 0.05) is 37.9 Å². The minimum atomic E-state index is -0.158. The second-order valence-corrected chi connectivity index (χ2v) is 11.4. The van der Waals surface area contributed by atoms with E-state index >= 15 is 0 Å². The fourth-order valence-corrected chi connectivity index (χ4v) is 5.49. The molecule has 3 rings (SSSR count). The van der Waals surface area contributed by atoms with E-state index in [4.69, 9.17) is 14.2 Å². The van der Waals surface area contributed by atoms with E-state index in [0.717, 1.165) is 44.6 Å². The molecule has 0 atom stereocenters. The summed E-state index contributed by atoms with van der Waals surface area (Å²) >= 11 is 0. The van der Waals surface area contributed by atoms with Gasteiger partial charge in [0.25, 0.3) is 5.91 Å². The summed E-state index contributed by atoms with van der Waals surface area (Å²) in [6.45, 7) is 10.4. The third-order valence-electron chi connectivity index (χ3n) is 7.90. The zero-order valence-corrected chi connectivity index (χ0v) is 26.7. The number of carbonyl (C=O) groups excluding carboxylic acids is 1. The molecule has 232 valence electrons. The molecule has 1 heterocycles. The number of rotatable bonds is 18. The molecule has 0 aromatic heterocycles. The molecule has 0 radical (unpaired) electrons. The van der Waals surface area contributed by atoms with Crippen molar-refractivity contribution in [2.24, 2.45) is 0 Å². The molecule has 0 unspecified atom stereocenters. The van der Waals surface area contributed by atoms with Crippen LogP contribution in [0.1, 0.15) is 87.8 Å². The maximum absolute atomic E-state index is 12.7. The molecule has 1 saturated heterocycles. The second kappa shape index (κ2) is 18.4. The van der Waals surface area contributed by atoms with Crippen LogP contribution in [0.2, 0.25) is 0 Å². The third kappa shape index (κ3) is 10.9. The van der Waals surface area contributed by atoms with Gasteiger partial charge < -0.3 is 19.1 Å². The van der Waals surface area contributed by atoms with Gasteiger partial charge in [-0.15, -0.1) is 0 Å². The van der Waals surface area contributed by atoms with Crippen molar-refractivity contribution in [1.82, 2.24) is 10.4 Å². The Bertz CT molecular complexity index is 1100. The highest BCUT2D eigenvalue weighted by molar-refractivity contribution is 5.91. The van der Waals surface area contributed by atoms with Crippen molar-refractivity contribution in [3.63, 3.8) is 0 Å². The minimum Gasteiger partial charge on any atom is -0.493 e. The summed E-state index contributed by atoms with van der Waals surface area (Å²) in [5, 5.41) is 1.98. The van der Waals surface area contributed by atoms with E-state index in [-0.39, 0.29) is 5.91 Å². The molecule has 2 aromatic carbocycles. The standard InChI is InChI=1S/C35H53N3O4/c1-6-7-8-9-10-11-12-13-14-15-24-42-35-32(40-4)26-30(27-33(35)41-5)17-19-34(39)36-38-22-20-37(21-23-38)31-18-16-28(2)25-29(31)3/h16-19,25-27H,6-15,20-24H2,1-5H3,(H,36,39).